The van der Waals surface area contributed by atoms with Crippen LogP contribution in [-0.4, -0.2) is 26.6 Å². The van der Waals surface area contributed by atoms with E-state index in [9.17, 15) is 4.79 Å². The zero-order valence-corrected chi connectivity index (χ0v) is 14.1. The van der Waals surface area contributed by atoms with Crippen molar-refractivity contribution in [3.8, 4) is 5.88 Å². The summed E-state index contributed by atoms with van der Waals surface area (Å²) in [5, 5.41) is 2.74. The Morgan fingerprint density at radius 2 is 1.88 bits per heavy atom. The summed E-state index contributed by atoms with van der Waals surface area (Å²) < 4.78 is 5.63. The number of carbonyl (C=O) groups is 1. The topological polar surface area (TPSA) is 77.0 Å². The summed E-state index contributed by atoms with van der Waals surface area (Å²) in [4.78, 5) is 25.1. The number of hydrogen-bond acceptors (Lipinski definition) is 6. The van der Waals surface area contributed by atoms with Crippen LogP contribution in [0.25, 0.3) is 0 Å². The third-order valence-electron chi connectivity index (χ3n) is 3.16. The maximum Gasteiger partial charge on any atom is 0.235 e. The van der Waals surface area contributed by atoms with E-state index < -0.39 is 0 Å². The molecule has 126 valence electrons. The molecule has 6 nitrogen and oxygen atoms in total. The lowest BCUT2D eigenvalue weighted by Gasteiger charge is -2.07. The molecule has 0 saturated carbocycles. The molecule has 0 bridgehead atoms. The molecule has 0 fully saturated rings. The van der Waals surface area contributed by atoms with Crippen molar-refractivity contribution in [2.75, 3.05) is 11.1 Å². The van der Waals surface area contributed by atoms with Gasteiger partial charge in [-0.15, -0.1) is 11.8 Å². The van der Waals surface area contributed by atoms with Crippen molar-refractivity contribution in [3.05, 3.63) is 72.8 Å². The number of ether oxygens (including phenoxy) is 1. The van der Waals surface area contributed by atoms with E-state index in [-0.39, 0.29) is 11.7 Å². The number of aromatic nitrogens is 3. The molecule has 7 heteroatoms. The first-order chi connectivity index (χ1) is 12.3. The molecule has 3 aromatic rings. The Morgan fingerprint density at radius 3 is 2.68 bits per heavy atom. The normalized spacial score (nSPS) is 10.2. The fourth-order valence-corrected chi connectivity index (χ4v) is 2.66. The molecule has 0 unspecified atom stereocenters. The first-order valence-electron chi connectivity index (χ1n) is 7.61. The number of rotatable bonds is 7. The predicted molar refractivity (Wildman–Crippen MR) is 96.4 cm³/mol. The quantitative estimate of drug-likeness (QED) is 0.658. The van der Waals surface area contributed by atoms with Gasteiger partial charge in [-0.05, 0) is 17.7 Å². The van der Waals surface area contributed by atoms with Gasteiger partial charge in [0.05, 0.1) is 5.75 Å². The Labute approximate surface area is 149 Å². The fourth-order valence-electron chi connectivity index (χ4n) is 1.98. The highest BCUT2D eigenvalue weighted by Gasteiger charge is 2.06. The van der Waals surface area contributed by atoms with Crippen molar-refractivity contribution in [2.45, 2.75) is 11.5 Å². The Bertz CT molecular complexity index is 816. The zero-order valence-electron chi connectivity index (χ0n) is 13.3. The zero-order chi connectivity index (χ0) is 17.3. The average Bonchev–Trinajstić information content (AvgIpc) is 2.67. The number of thioether (sulfide) groups is 1. The largest absolute Gasteiger partial charge is 0.473 e. The van der Waals surface area contributed by atoms with E-state index >= 15 is 0 Å². The third kappa shape index (κ3) is 5.58. The van der Waals surface area contributed by atoms with E-state index in [0.717, 1.165) is 10.5 Å². The maximum absolute atomic E-state index is 12.0. The highest BCUT2D eigenvalue weighted by atomic mass is 32.2. The van der Waals surface area contributed by atoms with E-state index in [1.807, 2.05) is 42.5 Å². The first kappa shape index (κ1) is 16.9. The number of pyridine rings is 1. The molecule has 0 aliphatic rings. The second-order valence-corrected chi connectivity index (χ2v) is 6.08. The molecule has 2 heterocycles. The Kier molecular flexibility index (Phi) is 5.95. The number of nitrogens with one attached hydrogen (secondary N) is 1. The molecule has 25 heavy (non-hydrogen) atoms. The first-order valence-corrected chi connectivity index (χ1v) is 8.59. The van der Waals surface area contributed by atoms with Gasteiger partial charge in [-0.25, -0.2) is 9.97 Å². The standard InChI is InChI=1S/C18H16N4O2S/c23-17(12-25-15-6-8-19-9-7-15)22-16-10-18(21-13-20-16)24-11-14-4-2-1-3-5-14/h1-10,13H,11-12H2,(H,20,21,22,23). The predicted octanol–water partition coefficient (Wildman–Crippen LogP) is 3.18. The van der Waals surface area contributed by atoms with E-state index in [4.69, 9.17) is 4.74 Å². The summed E-state index contributed by atoms with van der Waals surface area (Å²) in [6.45, 7) is 0.406. The van der Waals surface area contributed by atoms with Gasteiger partial charge in [-0.2, -0.15) is 0 Å². The minimum atomic E-state index is -0.144. The smallest absolute Gasteiger partial charge is 0.235 e. The molecule has 1 amide bonds. The summed E-state index contributed by atoms with van der Waals surface area (Å²) in [5.41, 5.74) is 1.04. The van der Waals surface area contributed by atoms with Gasteiger partial charge in [-0.1, -0.05) is 30.3 Å². The number of nitrogens with zero attached hydrogens (tertiary/aromatic N) is 3. The van der Waals surface area contributed by atoms with Gasteiger partial charge in [0.15, 0.2) is 0 Å². The second-order valence-electron chi connectivity index (χ2n) is 5.04. The maximum atomic E-state index is 12.0. The minimum absolute atomic E-state index is 0.144. The van der Waals surface area contributed by atoms with E-state index in [2.05, 4.69) is 20.3 Å². The van der Waals surface area contributed by atoms with Gasteiger partial charge in [0.1, 0.15) is 18.8 Å². The van der Waals surface area contributed by atoms with Gasteiger partial charge in [0.2, 0.25) is 11.8 Å². The van der Waals surface area contributed by atoms with Crippen LogP contribution in [-0.2, 0) is 11.4 Å². The number of hydrogen-bond donors (Lipinski definition) is 1. The van der Waals surface area contributed by atoms with E-state index in [1.165, 1.54) is 18.1 Å². The molecule has 0 saturated heterocycles. The molecule has 0 aliphatic carbocycles. The van der Waals surface area contributed by atoms with Crippen LogP contribution in [0.3, 0.4) is 0 Å². The second kappa shape index (κ2) is 8.79. The summed E-state index contributed by atoms with van der Waals surface area (Å²) in [6, 6.07) is 15.1. The average molecular weight is 352 g/mol. The SMILES string of the molecule is O=C(CSc1ccncc1)Nc1cc(OCc2ccccc2)ncn1. The Morgan fingerprint density at radius 1 is 1.08 bits per heavy atom. The molecule has 0 atom stereocenters. The van der Waals surface area contributed by atoms with Gasteiger partial charge >= 0.3 is 0 Å². The van der Waals surface area contributed by atoms with Crippen LogP contribution in [0.1, 0.15) is 5.56 Å². The summed E-state index contributed by atoms with van der Waals surface area (Å²) in [7, 11) is 0. The van der Waals surface area contributed by atoms with Crippen LogP contribution in [0.4, 0.5) is 5.82 Å². The van der Waals surface area contributed by atoms with Crippen LogP contribution in [0.5, 0.6) is 5.88 Å². The molecule has 0 spiro atoms. The van der Waals surface area contributed by atoms with Crippen molar-refractivity contribution in [2.24, 2.45) is 0 Å². The van der Waals surface area contributed by atoms with Crippen molar-refractivity contribution in [3.63, 3.8) is 0 Å². The van der Waals surface area contributed by atoms with Gasteiger partial charge in [0, 0.05) is 23.4 Å². The lowest BCUT2D eigenvalue weighted by molar-refractivity contribution is -0.113. The number of amides is 1. The van der Waals surface area contributed by atoms with Crippen molar-refractivity contribution in [1.29, 1.82) is 0 Å². The van der Waals surface area contributed by atoms with Crippen LogP contribution >= 0.6 is 11.8 Å². The minimum Gasteiger partial charge on any atom is -0.473 e. The molecular weight excluding hydrogens is 336 g/mol. The summed E-state index contributed by atoms with van der Waals surface area (Å²) in [5.74, 6) is 0.970. The van der Waals surface area contributed by atoms with Gasteiger partial charge in [-0.3, -0.25) is 9.78 Å². The third-order valence-corrected chi connectivity index (χ3v) is 4.17. The fraction of sp³-hybridized carbons (Fsp3) is 0.111. The van der Waals surface area contributed by atoms with E-state index in [1.54, 1.807) is 18.5 Å². The lowest BCUT2D eigenvalue weighted by atomic mass is 10.2. The molecule has 3 rings (SSSR count). The van der Waals surface area contributed by atoms with Crippen molar-refractivity contribution in [1.82, 2.24) is 15.0 Å². The molecular formula is C18H16N4O2S. The monoisotopic (exact) mass is 352 g/mol. The molecule has 1 aromatic carbocycles. The Balaban J connectivity index is 1.51. The Hall–Kier alpha value is -2.93. The van der Waals surface area contributed by atoms with Crippen LogP contribution in [0.2, 0.25) is 0 Å². The number of anilines is 1. The molecule has 1 N–H and O–H groups in total. The molecule has 2 aromatic heterocycles. The lowest BCUT2D eigenvalue weighted by Crippen LogP contribution is -2.15. The highest BCUT2D eigenvalue weighted by Crippen LogP contribution is 2.17. The van der Waals surface area contributed by atoms with E-state index in [0.29, 0.717) is 18.3 Å². The number of carbonyl (C=O) groups excluding carboxylic acids is 1. The molecule has 0 aliphatic heterocycles. The molecule has 0 radical (unpaired) electrons. The van der Waals surface area contributed by atoms with Crippen molar-refractivity contribution >= 4 is 23.5 Å². The van der Waals surface area contributed by atoms with Gasteiger partial charge < -0.3 is 10.1 Å². The van der Waals surface area contributed by atoms with Gasteiger partial charge in [0.25, 0.3) is 0 Å². The van der Waals surface area contributed by atoms with Crippen LogP contribution < -0.4 is 10.1 Å². The highest BCUT2D eigenvalue weighted by molar-refractivity contribution is 8.00. The number of benzene rings is 1. The van der Waals surface area contributed by atoms with Crippen LogP contribution in [0.15, 0.2) is 72.1 Å². The van der Waals surface area contributed by atoms with Crippen molar-refractivity contribution < 1.29 is 9.53 Å². The summed E-state index contributed by atoms with van der Waals surface area (Å²) >= 11 is 1.43. The summed E-state index contributed by atoms with van der Waals surface area (Å²) in [6.07, 6.45) is 4.76. The van der Waals surface area contributed by atoms with Crippen LogP contribution in [0, 0.1) is 0 Å².